The second-order valence-electron chi connectivity index (χ2n) is 5.18. The van der Waals surface area contributed by atoms with Crippen LogP contribution in [0.15, 0.2) is 52.4 Å². The fourth-order valence-corrected chi connectivity index (χ4v) is 3.02. The molecular formula is C17H14ClN3O2S. The van der Waals surface area contributed by atoms with Crippen LogP contribution in [0, 0.1) is 6.92 Å². The van der Waals surface area contributed by atoms with Crippen LogP contribution in [0.1, 0.15) is 5.56 Å². The molecule has 1 amide bonds. The molecule has 3 aromatic rings. The number of para-hydroxylation sites is 1. The fraction of sp³-hybridized carbons (Fsp3) is 0.118. The van der Waals surface area contributed by atoms with E-state index >= 15 is 0 Å². The molecule has 24 heavy (non-hydrogen) atoms. The molecule has 0 aliphatic heterocycles. The Hall–Kier alpha value is -2.31. The van der Waals surface area contributed by atoms with Crippen LogP contribution in [0.2, 0.25) is 5.02 Å². The van der Waals surface area contributed by atoms with E-state index in [1.54, 1.807) is 30.3 Å². The first kappa shape index (κ1) is 16.5. The van der Waals surface area contributed by atoms with Gasteiger partial charge in [-0.3, -0.25) is 9.59 Å². The van der Waals surface area contributed by atoms with Gasteiger partial charge < -0.3 is 10.3 Å². The SMILES string of the molecule is Cc1ccc(Cl)cc1NC(=O)CSc1nc2ccccc2c(=O)[nH]1. The third-order valence-electron chi connectivity index (χ3n) is 3.40. The van der Waals surface area contributed by atoms with E-state index in [1.807, 2.05) is 19.1 Å². The highest BCUT2D eigenvalue weighted by molar-refractivity contribution is 7.99. The number of aryl methyl sites for hydroxylation is 1. The lowest BCUT2D eigenvalue weighted by Gasteiger charge is -2.08. The zero-order valence-electron chi connectivity index (χ0n) is 12.8. The van der Waals surface area contributed by atoms with Crippen LogP contribution in [0.3, 0.4) is 0 Å². The molecule has 122 valence electrons. The van der Waals surface area contributed by atoms with Gasteiger partial charge in [-0.1, -0.05) is 41.6 Å². The van der Waals surface area contributed by atoms with Gasteiger partial charge in [0.05, 0.1) is 16.7 Å². The summed E-state index contributed by atoms with van der Waals surface area (Å²) in [6.45, 7) is 1.89. The maximum Gasteiger partial charge on any atom is 0.259 e. The quantitative estimate of drug-likeness (QED) is 0.551. The minimum absolute atomic E-state index is 0.132. The van der Waals surface area contributed by atoms with Crippen molar-refractivity contribution >= 4 is 45.9 Å². The number of H-pyrrole nitrogens is 1. The highest BCUT2D eigenvalue weighted by atomic mass is 35.5. The molecule has 7 heteroatoms. The third-order valence-corrected chi connectivity index (χ3v) is 4.51. The lowest BCUT2D eigenvalue weighted by atomic mass is 10.2. The average molecular weight is 360 g/mol. The number of nitrogens with one attached hydrogen (secondary N) is 2. The Bertz CT molecular complexity index is 971. The Morgan fingerprint density at radius 2 is 2.08 bits per heavy atom. The summed E-state index contributed by atoms with van der Waals surface area (Å²) in [5.41, 5.74) is 1.99. The first-order valence-electron chi connectivity index (χ1n) is 7.21. The Morgan fingerprint density at radius 1 is 1.29 bits per heavy atom. The van der Waals surface area contributed by atoms with Crippen molar-refractivity contribution in [3.05, 3.63) is 63.4 Å². The summed E-state index contributed by atoms with van der Waals surface area (Å²) in [5.74, 6) is -0.0612. The van der Waals surface area contributed by atoms with Gasteiger partial charge in [-0.25, -0.2) is 4.98 Å². The normalized spacial score (nSPS) is 10.8. The predicted octanol–water partition coefficient (Wildman–Crippen LogP) is 3.62. The van der Waals surface area contributed by atoms with Gasteiger partial charge in [0.25, 0.3) is 5.56 Å². The summed E-state index contributed by atoms with van der Waals surface area (Å²) in [4.78, 5) is 31.1. The molecule has 3 rings (SSSR count). The molecule has 2 aromatic carbocycles. The fourth-order valence-electron chi connectivity index (χ4n) is 2.18. The lowest BCUT2D eigenvalue weighted by molar-refractivity contribution is -0.113. The van der Waals surface area contributed by atoms with Crippen molar-refractivity contribution in [1.82, 2.24) is 9.97 Å². The van der Waals surface area contributed by atoms with E-state index in [0.29, 0.717) is 26.8 Å². The molecule has 2 N–H and O–H groups in total. The summed E-state index contributed by atoms with van der Waals surface area (Å²) in [5, 5.41) is 4.31. The number of carbonyl (C=O) groups is 1. The number of thioether (sulfide) groups is 1. The van der Waals surface area contributed by atoms with Gasteiger partial charge >= 0.3 is 0 Å². The molecular weight excluding hydrogens is 346 g/mol. The van der Waals surface area contributed by atoms with Crippen molar-refractivity contribution in [1.29, 1.82) is 0 Å². The van der Waals surface area contributed by atoms with Gasteiger partial charge in [-0.2, -0.15) is 0 Å². The highest BCUT2D eigenvalue weighted by Gasteiger charge is 2.09. The molecule has 0 saturated carbocycles. The molecule has 5 nitrogen and oxygen atoms in total. The van der Waals surface area contributed by atoms with E-state index in [4.69, 9.17) is 11.6 Å². The summed E-state index contributed by atoms with van der Waals surface area (Å²) in [6, 6.07) is 12.4. The smallest absolute Gasteiger partial charge is 0.259 e. The standard InChI is InChI=1S/C17H14ClN3O2S/c1-10-6-7-11(18)8-14(10)19-15(22)9-24-17-20-13-5-3-2-4-12(13)16(23)21-17/h2-8H,9H2,1H3,(H,19,22)(H,20,21,23). The number of fused-ring (bicyclic) bond motifs is 1. The first-order chi connectivity index (χ1) is 11.5. The number of hydrogen-bond acceptors (Lipinski definition) is 4. The largest absolute Gasteiger partial charge is 0.325 e. The second-order valence-corrected chi connectivity index (χ2v) is 6.58. The van der Waals surface area contributed by atoms with Crippen LogP contribution >= 0.6 is 23.4 Å². The molecule has 0 bridgehead atoms. The first-order valence-corrected chi connectivity index (χ1v) is 8.57. The van der Waals surface area contributed by atoms with E-state index in [2.05, 4.69) is 15.3 Å². The van der Waals surface area contributed by atoms with Crippen LogP contribution in [0.5, 0.6) is 0 Å². The minimum Gasteiger partial charge on any atom is -0.325 e. The Balaban J connectivity index is 1.70. The number of amides is 1. The zero-order valence-corrected chi connectivity index (χ0v) is 14.4. The Morgan fingerprint density at radius 3 is 2.92 bits per heavy atom. The number of aromatic nitrogens is 2. The molecule has 0 atom stereocenters. The van der Waals surface area contributed by atoms with Crippen LogP contribution in [0.25, 0.3) is 10.9 Å². The summed E-state index contributed by atoms with van der Waals surface area (Å²) >= 11 is 7.12. The van der Waals surface area contributed by atoms with Crippen molar-refractivity contribution in [2.24, 2.45) is 0 Å². The predicted molar refractivity (Wildman–Crippen MR) is 97.9 cm³/mol. The van der Waals surface area contributed by atoms with Crippen LogP contribution in [-0.2, 0) is 4.79 Å². The van der Waals surface area contributed by atoms with Gasteiger partial charge in [-0.15, -0.1) is 0 Å². The van der Waals surface area contributed by atoms with E-state index < -0.39 is 0 Å². The van der Waals surface area contributed by atoms with Gasteiger partial charge in [-0.05, 0) is 36.8 Å². The molecule has 0 aliphatic carbocycles. The van der Waals surface area contributed by atoms with Gasteiger partial charge in [0, 0.05) is 10.7 Å². The second kappa shape index (κ2) is 7.07. The molecule has 0 saturated heterocycles. The molecule has 0 aliphatic rings. The molecule has 0 fully saturated rings. The minimum atomic E-state index is -0.214. The van der Waals surface area contributed by atoms with Crippen LogP contribution < -0.4 is 10.9 Å². The molecule has 0 spiro atoms. The number of hydrogen-bond donors (Lipinski definition) is 2. The number of rotatable bonds is 4. The number of halogens is 1. The third kappa shape index (κ3) is 3.77. The number of nitrogens with zero attached hydrogens (tertiary/aromatic N) is 1. The maximum absolute atomic E-state index is 12.1. The maximum atomic E-state index is 12.1. The monoisotopic (exact) mass is 359 g/mol. The molecule has 0 unspecified atom stereocenters. The van der Waals surface area contributed by atoms with Crippen molar-refractivity contribution in [3.8, 4) is 0 Å². The van der Waals surface area contributed by atoms with E-state index in [1.165, 1.54) is 11.8 Å². The number of anilines is 1. The van der Waals surface area contributed by atoms with Crippen LogP contribution in [0.4, 0.5) is 5.69 Å². The number of benzene rings is 2. The number of aromatic amines is 1. The van der Waals surface area contributed by atoms with E-state index in [-0.39, 0.29) is 17.2 Å². The summed E-state index contributed by atoms with van der Waals surface area (Å²) in [7, 11) is 0. The number of carbonyl (C=O) groups excluding carboxylic acids is 1. The van der Waals surface area contributed by atoms with Crippen molar-refractivity contribution in [2.75, 3.05) is 11.1 Å². The molecule has 0 radical (unpaired) electrons. The highest BCUT2D eigenvalue weighted by Crippen LogP contribution is 2.21. The average Bonchev–Trinajstić information content (AvgIpc) is 2.56. The summed E-state index contributed by atoms with van der Waals surface area (Å²) in [6.07, 6.45) is 0. The molecule has 1 heterocycles. The van der Waals surface area contributed by atoms with Crippen molar-refractivity contribution in [2.45, 2.75) is 12.1 Å². The van der Waals surface area contributed by atoms with E-state index in [0.717, 1.165) is 5.56 Å². The van der Waals surface area contributed by atoms with Gasteiger partial charge in [0.2, 0.25) is 5.91 Å². The van der Waals surface area contributed by atoms with Crippen molar-refractivity contribution in [3.63, 3.8) is 0 Å². The van der Waals surface area contributed by atoms with Gasteiger partial charge in [0.1, 0.15) is 0 Å². The summed E-state index contributed by atoms with van der Waals surface area (Å²) < 4.78 is 0. The lowest BCUT2D eigenvalue weighted by Crippen LogP contribution is -2.16. The molecule has 1 aromatic heterocycles. The zero-order chi connectivity index (χ0) is 17.1. The van der Waals surface area contributed by atoms with Crippen LogP contribution in [-0.4, -0.2) is 21.6 Å². The van der Waals surface area contributed by atoms with Crippen molar-refractivity contribution < 1.29 is 4.79 Å². The van der Waals surface area contributed by atoms with Gasteiger partial charge in [0.15, 0.2) is 5.16 Å². The Labute approximate surface area is 147 Å². The topological polar surface area (TPSA) is 74.8 Å². The van der Waals surface area contributed by atoms with E-state index in [9.17, 15) is 9.59 Å². The Kier molecular flexibility index (Phi) is 4.87.